The fraction of sp³-hybridized carbons (Fsp3) is 0. The van der Waals surface area contributed by atoms with Crippen LogP contribution in [0.15, 0.2) is 66.7 Å². The number of carboxylic acid groups (broad SMARTS) is 1. The Hall–Kier alpha value is -4.86. The minimum atomic E-state index is -1.13. The normalized spacial score (nSPS) is 12.4. The van der Waals surface area contributed by atoms with Gasteiger partial charge in [-0.05, 0) is 54.6 Å². The van der Waals surface area contributed by atoms with Gasteiger partial charge in [-0.25, -0.2) is 9.69 Å². The molecule has 0 spiro atoms. The number of carbonyl (C=O) groups is 4. The summed E-state index contributed by atoms with van der Waals surface area (Å²) in [6.07, 6.45) is 0. The van der Waals surface area contributed by atoms with Gasteiger partial charge in [0.1, 0.15) is 0 Å². The van der Waals surface area contributed by atoms with E-state index in [4.69, 9.17) is 5.11 Å². The van der Waals surface area contributed by atoms with Crippen LogP contribution >= 0.6 is 0 Å². The molecule has 0 radical (unpaired) electrons. The molecule has 10 nitrogen and oxygen atoms in total. The van der Waals surface area contributed by atoms with Gasteiger partial charge >= 0.3 is 5.97 Å². The minimum absolute atomic E-state index is 0.0154. The number of fused-ring (bicyclic) bond motifs is 1. The van der Waals surface area contributed by atoms with Crippen LogP contribution in [0.2, 0.25) is 0 Å². The van der Waals surface area contributed by atoms with Gasteiger partial charge in [0, 0.05) is 23.4 Å². The maximum Gasteiger partial charge on any atom is 0.335 e. The van der Waals surface area contributed by atoms with Crippen molar-refractivity contribution in [2.75, 3.05) is 10.2 Å². The standard InChI is InChI=1S/C22H13N3O7/c26-19(12-1-8-16(9-2-12)25(31)32)23-14-5-10-17-18(11-14)21(28)24(20(17)27)15-6-3-13(4-7-15)22(29)30/h1-11H,(H,23,26)(H,29,30). The molecular formula is C22H13N3O7. The van der Waals surface area contributed by atoms with Crippen LogP contribution in [0, 0.1) is 10.1 Å². The zero-order valence-electron chi connectivity index (χ0n) is 16.1. The lowest BCUT2D eigenvalue weighted by Gasteiger charge is -2.13. The molecule has 0 aromatic heterocycles. The van der Waals surface area contributed by atoms with Crippen molar-refractivity contribution in [2.45, 2.75) is 0 Å². The van der Waals surface area contributed by atoms with Gasteiger partial charge in [-0.3, -0.25) is 24.5 Å². The molecule has 0 aliphatic carbocycles. The number of imide groups is 1. The summed E-state index contributed by atoms with van der Waals surface area (Å²) in [5.41, 5.74) is 0.748. The minimum Gasteiger partial charge on any atom is -0.478 e. The van der Waals surface area contributed by atoms with Gasteiger partial charge in [0.15, 0.2) is 0 Å². The molecule has 2 N–H and O–H groups in total. The molecule has 158 valence electrons. The number of hydrogen-bond donors (Lipinski definition) is 2. The van der Waals surface area contributed by atoms with E-state index in [1.807, 2.05) is 0 Å². The van der Waals surface area contributed by atoms with Crippen molar-refractivity contribution in [1.29, 1.82) is 0 Å². The second-order valence-corrected chi connectivity index (χ2v) is 6.82. The third-order valence-electron chi connectivity index (χ3n) is 4.86. The van der Waals surface area contributed by atoms with Gasteiger partial charge in [0.2, 0.25) is 0 Å². The highest BCUT2D eigenvalue weighted by molar-refractivity contribution is 6.34. The van der Waals surface area contributed by atoms with Crippen molar-refractivity contribution in [2.24, 2.45) is 0 Å². The molecule has 0 bridgehead atoms. The largest absolute Gasteiger partial charge is 0.478 e. The molecule has 0 fully saturated rings. The Morgan fingerprint density at radius 2 is 1.44 bits per heavy atom. The number of nitrogens with one attached hydrogen (secondary N) is 1. The van der Waals surface area contributed by atoms with E-state index in [1.165, 1.54) is 66.7 Å². The molecular weight excluding hydrogens is 418 g/mol. The quantitative estimate of drug-likeness (QED) is 0.358. The van der Waals surface area contributed by atoms with E-state index in [9.17, 15) is 29.3 Å². The van der Waals surface area contributed by atoms with Crippen molar-refractivity contribution < 1.29 is 29.2 Å². The van der Waals surface area contributed by atoms with Crippen molar-refractivity contribution in [1.82, 2.24) is 0 Å². The van der Waals surface area contributed by atoms with Crippen LogP contribution in [-0.2, 0) is 0 Å². The number of rotatable bonds is 5. The van der Waals surface area contributed by atoms with Gasteiger partial charge in [-0.15, -0.1) is 0 Å². The first-order chi connectivity index (χ1) is 15.3. The number of benzene rings is 3. The molecule has 0 saturated heterocycles. The topological polar surface area (TPSA) is 147 Å². The average Bonchev–Trinajstić information content (AvgIpc) is 3.03. The van der Waals surface area contributed by atoms with Crippen LogP contribution in [0.5, 0.6) is 0 Å². The van der Waals surface area contributed by atoms with E-state index in [1.54, 1.807) is 0 Å². The fourth-order valence-electron chi connectivity index (χ4n) is 3.24. The zero-order valence-corrected chi connectivity index (χ0v) is 16.1. The SMILES string of the molecule is O=C(O)c1ccc(N2C(=O)c3ccc(NC(=O)c4ccc([N+](=O)[O-])cc4)cc3C2=O)cc1. The number of nitro benzene ring substituents is 1. The molecule has 0 saturated carbocycles. The Balaban J connectivity index is 1.56. The highest BCUT2D eigenvalue weighted by Crippen LogP contribution is 2.30. The summed E-state index contributed by atoms with van der Waals surface area (Å²) in [6.45, 7) is 0. The predicted molar refractivity (Wildman–Crippen MR) is 112 cm³/mol. The molecule has 1 aliphatic rings. The van der Waals surface area contributed by atoms with Gasteiger partial charge < -0.3 is 10.4 Å². The third kappa shape index (κ3) is 3.56. The van der Waals surface area contributed by atoms with E-state index >= 15 is 0 Å². The molecule has 3 aromatic carbocycles. The molecule has 10 heteroatoms. The van der Waals surface area contributed by atoms with Crippen molar-refractivity contribution in [3.8, 4) is 0 Å². The number of carboxylic acids is 1. The summed E-state index contributed by atoms with van der Waals surface area (Å²) in [6, 6.07) is 14.6. The Morgan fingerprint density at radius 3 is 2.03 bits per heavy atom. The van der Waals surface area contributed by atoms with Gasteiger partial charge in [0.25, 0.3) is 23.4 Å². The summed E-state index contributed by atoms with van der Waals surface area (Å²) in [5, 5.41) is 22.3. The van der Waals surface area contributed by atoms with Crippen LogP contribution in [-0.4, -0.2) is 33.7 Å². The lowest BCUT2D eigenvalue weighted by Crippen LogP contribution is -2.29. The molecule has 3 amide bonds. The van der Waals surface area contributed by atoms with Crippen molar-refractivity contribution in [3.05, 3.63) is 99.1 Å². The number of anilines is 2. The Labute approximate surface area is 179 Å². The molecule has 0 unspecified atom stereocenters. The molecule has 4 rings (SSSR count). The second kappa shape index (κ2) is 7.76. The Kier molecular flexibility index (Phi) is 4.95. The number of carbonyl (C=O) groups excluding carboxylic acids is 3. The number of non-ortho nitro benzene ring substituents is 1. The van der Waals surface area contributed by atoms with Gasteiger partial charge in [-0.2, -0.15) is 0 Å². The monoisotopic (exact) mass is 431 g/mol. The zero-order chi connectivity index (χ0) is 23.0. The summed E-state index contributed by atoms with van der Waals surface area (Å²) in [7, 11) is 0. The van der Waals surface area contributed by atoms with Crippen molar-refractivity contribution in [3.63, 3.8) is 0 Å². The molecule has 3 aromatic rings. The van der Waals surface area contributed by atoms with Crippen LogP contribution in [0.4, 0.5) is 17.1 Å². The predicted octanol–water partition coefficient (Wildman–Crippen LogP) is 3.35. The summed E-state index contributed by atoms with van der Waals surface area (Å²) < 4.78 is 0. The number of aromatic carboxylic acids is 1. The van der Waals surface area contributed by atoms with Gasteiger partial charge in [-0.1, -0.05) is 0 Å². The number of amides is 3. The van der Waals surface area contributed by atoms with Crippen LogP contribution < -0.4 is 10.2 Å². The van der Waals surface area contributed by atoms with E-state index in [-0.39, 0.29) is 39.3 Å². The van der Waals surface area contributed by atoms with Crippen molar-refractivity contribution >= 4 is 40.8 Å². The second-order valence-electron chi connectivity index (χ2n) is 6.82. The number of hydrogen-bond acceptors (Lipinski definition) is 6. The van der Waals surface area contributed by atoms with Gasteiger partial charge in [0.05, 0.1) is 27.3 Å². The first kappa shape index (κ1) is 20.4. The number of nitro groups is 1. The Bertz CT molecular complexity index is 1300. The first-order valence-corrected chi connectivity index (χ1v) is 9.18. The van der Waals surface area contributed by atoms with E-state index in [0.29, 0.717) is 0 Å². The molecule has 1 heterocycles. The van der Waals surface area contributed by atoms with Crippen LogP contribution in [0.25, 0.3) is 0 Å². The Morgan fingerprint density at radius 1 is 0.844 bits per heavy atom. The van der Waals surface area contributed by atoms with E-state index in [0.717, 1.165) is 4.90 Å². The summed E-state index contributed by atoms with van der Waals surface area (Å²) in [4.78, 5) is 60.1. The first-order valence-electron chi connectivity index (χ1n) is 9.18. The third-order valence-corrected chi connectivity index (χ3v) is 4.86. The molecule has 32 heavy (non-hydrogen) atoms. The summed E-state index contributed by atoms with van der Waals surface area (Å²) >= 11 is 0. The maximum absolute atomic E-state index is 12.8. The van der Waals surface area contributed by atoms with E-state index in [2.05, 4.69) is 5.32 Å². The average molecular weight is 431 g/mol. The fourth-order valence-corrected chi connectivity index (χ4v) is 3.24. The highest BCUT2D eigenvalue weighted by atomic mass is 16.6. The molecule has 1 aliphatic heterocycles. The maximum atomic E-state index is 12.8. The molecule has 0 atom stereocenters. The van der Waals surface area contributed by atoms with Crippen LogP contribution in [0.3, 0.4) is 0 Å². The smallest absolute Gasteiger partial charge is 0.335 e. The number of nitrogens with zero attached hydrogens (tertiary/aromatic N) is 2. The van der Waals surface area contributed by atoms with Crippen LogP contribution in [0.1, 0.15) is 41.4 Å². The lowest BCUT2D eigenvalue weighted by molar-refractivity contribution is -0.384. The van der Waals surface area contributed by atoms with E-state index < -0.39 is 28.6 Å². The highest BCUT2D eigenvalue weighted by Gasteiger charge is 2.37. The summed E-state index contributed by atoms with van der Waals surface area (Å²) in [5.74, 6) is -2.86. The lowest BCUT2D eigenvalue weighted by atomic mass is 10.1.